The van der Waals surface area contributed by atoms with Crippen LogP contribution in [0.3, 0.4) is 0 Å². The van der Waals surface area contributed by atoms with Crippen LogP contribution in [0.5, 0.6) is 23.0 Å². The number of anilines is 2. The Morgan fingerprint density at radius 2 is 0.944 bits per heavy atom. The SMILES string of the molecule is COc1ccc(CCCC(=O)C(NC(=O)CC2CCCC2)Nc2ccc(OCCCC(=O)O)cc2)cc1.COc1ccc(CCCC(=O)C(NC(=O)CSC)Nc2ccc(OCCCC(=O)O)cc2)cc1. The lowest BCUT2D eigenvalue weighted by molar-refractivity contribution is -0.138. The minimum atomic E-state index is -0.855. The molecule has 0 heterocycles. The van der Waals surface area contributed by atoms with Crippen LogP contribution in [0, 0.1) is 5.92 Å². The number of ether oxygens (including phenoxy) is 4. The molecule has 17 heteroatoms. The van der Waals surface area contributed by atoms with Gasteiger partial charge in [-0.25, -0.2) is 0 Å². The van der Waals surface area contributed by atoms with Gasteiger partial charge >= 0.3 is 11.9 Å². The standard InChI is InChI=1S/C29H38N2O6.C25H32N2O6S/c1-36-24-15-11-21(12-16-24)8-4-9-26(32)29(31-27(33)20-22-6-2-3-7-22)30-23-13-17-25(18-14-23)37-19-5-10-28(34)35;1-32-20-12-8-18(9-13-20)5-3-6-22(28)25(27-23(29)17-34-2)26-19-10-14-21(15-11-19)33-16-4-7-24(30)31/h11-18,22,29-30H,2-10,19-20H2,1H3,(H,31,33)(H,34,35);8-15,25-26H,3-7,16-17H2,1-2H3,(H,27,29)(H,30,31). The number of carboxylic acid groups (broad SMARTS) is 2. The number of carboxylic acids is 2. The largest absolute Gasteiger partial charge is 0.497 e. The first-order chi connectivity index (χ1) is 34.3. The minimum Gasteiger partial charge on any atom is -0.497 e. The van der Waals surface area contributed by atoms with Gasteiger partial charge in [-0.1, -0.05) is 37.1 Å². The van der Waals surface area contributed by atoms with Crippen molar-refractivity contribution in [2.45, 2.75) is 109 Å². The molecule has 1 aliphatic carbocycles. The average Bonchev–Trinajstić information content (AvgIpc) is 3.88. The van der Waals surface area contributed by atoms with E-state index in [0.29, 0.717) is 87.0 Å². The molecule has 384 valence electrons. The monoisotopic (exact) mass is 998 g/mol. The Bertz CT molecular complexity index is 2240. The van der Waals surface area contributed by atoms with E-state index < -0.39 is 24.3 Å². The van der Waals surface area contributed by atoms with Gasteiger partial charge in [-0.05, 0) is 147 Å². The first kappa shape index (κ1) is 56.8. The van der Waals surface area contributed by atoms with Crippen LogP contribution in [0.25, 0.3) is 0 Å². The smallest absolute Gasteiger partial charge is 0.303 e. The van der Waals surface area contributed by atoms with Crippen LogP contribution in [0.2, 0.25) is 0 Å². The molecule has 4 aromatic carbocycles. The zero-order chi connectivity index (χ0) is 51.2. The number of benzene rings is 4. The molecule has 6 N–H and O–H groups in total. The third-order valence-electron chi connectivity index (χ3n) is 11.5. The number of hydrogen-bond donors (Lipinski definition) is 6. The first-order valence-electron chi connectivity index (χ1n) is 24.1. The number of nitrogens with one attached hydrogen (secondary N) is 4. The van der Waals surface area contributed by atoms with Gasteiger partial charge in [-0.2, -0.15) is 11.8 Å². The van der Waals surface area contributed by atoms with Crippen molar-refractivity contribution < 1.29 is 57.9 Å². The molecule has 0 radical (unpaired) electrons. The maximum atomic E-state index is 13.1. The first-order valence-corrected chi connectivity index (χ1v) is 25.5. The highest BCUT2D eigenvalue weighted by atomic mass is 32.2. The van der Waals surface area contributed by atoms with E-state index in [1.165, 1.54) is 11.8 Å². The predicted molar refractivity (Wildman–Crippen MR) is 276 cm³/mol. The number of thioether (sulfide) groups is 1. The van der Waals surface area contributed by atoms with E-state index in [1.807, 2.05) is 54.8 Å². The number of hydrogen-bond acceptors (Lipinski definition) is 13. The van der Waals surface area contributed by atoms with Crippen LogP contribution in [-0.2, 0) is 41.6 Å². The number of aryl methyl sites for hydroxylation is 2. The van der Waals surface area contributed by atoms with Gasteiger partial charge in [-0.15, -0.1) is 0 Å². The normalized spacial score (nSPS) is 12.8. The quantitative estimate of drug-likeness (QED) is 0.0199. The molecule has 0 aromatic heterocycles. The van der Waals surface area contributed by atoms with Crippen LogP contribution >= 0.6 is 11.8 Å². The topological polar surface area (TPSA) is 228 Å². The van der Waals surface area contributed by atoms with Gasteiger partial charge in [0.2, 0.25) is 11.8 Å². The van der Waals surface area contributed by atoms with E-state index in [-0.39, 0.29) is 42.0 Å². The summed E-state index contributed by atoms with van der Waals surface area (Å²) >= 11 is 1.39. The number of methoxy groups -OCH3 is 2. The van der Waals surface area contributed by atoms with Crippen LogP contribution in [0.1, 0.15) is 94.6 Å². The van der Waals surface area contributed by atoms with Crippen LogP contribution in [0.4, 0.5) is 11.4 Å². The lowest BCUT2D eigenvalue weighted by Gasteiger charge is -2.21. The molecule has 16 nitrogen and oxygen atoms in total. The molecule has 2 amide bonds. The molecule has 0 spiro atoms. The van der Waals surface area contributed by atoms with E-state index in [9.17, 15) is 28.8 Å². The summed E-state index contributed by atoms with van der Waals surface area (Å²) in [6, 6.07) is 29.6. The third-order valence-corrected chi connectivity index (χ3v) is 12.1. The molecule has 0 saturated heterocycles. The summed E-state index contributed by atoms with van der Waals surface area (Å²) in [7, 11) is 3.25. The highest BCUT2D eigenvalue weighted by Gasteiger charge is 2.24. The van der Waals surface area contributed by atoms with Crippen LogP contribution in [-0.4, -0.2) is 97.3 Å². The van der Waals surface area contributed by atoms with E-state index >= 15 is 0 Å². The third kappa shape index (κ3) is 23.1. The number of Topliss-reactive ketones (excluding diaryl/α,β-unsaturated/α-hetero) is 2. The van der Waals surface area contributed by atoms with Gasteiger partial charge in [0.05, 0.1) is 33.2 Å². The van der Waals surface area contributed by atoms with Crippen molar-refractivity contribution in [1.82, 2.24) is 10.6 Å². The van der Waals surface area contributed by atoms with Crippen LogP contribution in [0.15, 0.2) is 97.1 Å². The van der Waals surface area contributed by atoms with Crippen molar-refractivity contribution in [2.24, 2.45) is 5.92 Å². The summed E-state index contributed by atoms with van der Waals surface area (Å²) in [5, 5.41) is 29.4. The van der Waals surface area contributed by atoms with Crippen molar-refractivity contribution in [2.75, 3.05) is 50.1 Å². The van der Waals surface area contributed by atoms with Crippen molar-refractivity contribution in [1.29, 1.82) is 0 Å². The number of carbonyl (C=O) groups excluding carboxylic acids is 4. The summed E-state index contributed by atoms with van der Waals surface area (Å²) in [6.45, 7) is 0.616. The molecule has 0 aliphatic heterocycles. The lowest BCUT2D eigenvalue weighted by atomic mass is 10.0. The highest BCUT2D eigenvalue weighted by Crippen LogP contribution is 2.28. The molecule has 1 aliphatic rings. The van der Waals surface area contributed by atoms with Gasteiger partial charge < -0.3 is 50.4 Å². The fourth-order valence-electron chi connectivity index (χ4n) is 7.69. The van der Waals surface area contributed by atoms with Gasteiger partial charge in [0.15, 0.2) is 23.9 Å². The summed E-state index contributed by atoms with van der Waals surface area (Å²) in [5.74, 6) is 1.27. The van der Waals surface area contributed by atoms with E-state index in [1.54, 1.807) is 62.8 Å². The molecule has 4 aromatic rings. The highest BCUT2D eigenvalue weighted by molar-refractivity contribution is 7.99. The molecular formula is C54H70N4O12S. The molecule has 2 atom stereocenters. The second-order valence-corrected chi connectivity index (χ2v) is 18.0. The predicted octanol–water partition coefficient (Wildman–Crippen LogP) is 8.71. The van der Waals surface area contributed by atoms with Gasteiger partial charge in [0, 0.05) is 43.5 Å². The van der Waals surface area contributed by atoms with Crippen LogP contribution < -0.4 is 40.2 Å². The maximum absolute atomic E-state index is 13.1. The number of rotatable bonds is 32. The van der Waals surface area contributed by atoms with Gasteiger partial charge in [0.25, 0.3) is 0 Å². The Morgan fingerprint density at radius 3 is 1.32 bits per heavy atom. The zero-order valence-electron chi connectivity index (χ0n) is 41.1. The molecule has 2 unspecified atom stereocenters. The Hall–Kier alpha value is -6.75. The summed E-state index contributed by atoms with van der Waals surface area (Å²) < 4.78 is 21.5. The Balaban J connectivity index is 0.000000310. The number of aliphatic carboxylic acids is 2. The summed E-state index contributed by atoms with van der Waals surface area (Å²) in [6.07, 6.45) is 9.51. The second kappa shape index (κ2) is 32.2. The Labute approximate surface area is 421 Å². The van der Waals surface area contributed by atoms with Crippen molar-refractivity contribution >= 4 is 58.5 Å². The van der Waals surface area contributed by atoms with E-state index in [4.69, 9.17) is 29.2 Å². The number of amides is 2. The Kier molecular flexibility index (Phi) is 25.8. The maximum Gasteiger partial charge on any atom is 0.303 e. The fraction of sp³-hybridized carbons (Fsp3) is 0.444. The second-order valence-electron chi connectivity index (χ2n) is 17.2. The summed E-state index contributed by atoms with van der Waals surface area (Å²) in [5.41, 5.74) is 3.59. The molecule has 1 fully saturated rings. The van der Waals surface area contributed by atoms with E-state index in [2.05, 4.69) is 21.3 Å². The number of carbonyl (C=O) groups is 6. The van der Waals surface area contributed by atoms with Gasteiger partial charge in [-0.3, -0.25) is 28.8 Å². The van der Waals surface area contributed by atoms with E-state index in [0.717, 1.165) is 61.2 Å². The van der Waals surface area contributed by atoms with Gasteiger partial charge in [0.1, 0.15) is 23.0 Å². The molecule has 0 bridgehead atoms. The number of ketones is 2. The van der Waals surface area contributed by atoms with Crippen molar-refractivity contribution in [3.05, 3.63) is 108 Å². The van der Waals surface area contributed by atoms with Crippen molar-refractivity contribution in [3.63, 3.8) is 0 Å². The molecule has 1 saturated carbocycles. The van der Waals surface area contributed by atoms with Crippen molar-refractivity contribution in [3.8, 4) is 23.0 Å². The fourth-order valence-corrected chi connectivity index (χ4v) is 8.03. The molecule has 5 rings (SSSR count). The Morgan fingerprint density at radius 1 is 0.549 bits per heavy atom. The average molecular weight is 999 g/mol. The molecular weight excluding hydrogens is 929 g/mol. The molecule has 71 heavy (non-hydrogen) atoms. The lowest BCUT2D eigenvalue weighted by Crippen LogP contribution is -2.47. The minimum absolute atomic E-state index is 0.0532. The summed E-state index contributed by atoms with van der Waals surface area (Å²) in [4.78, 5) is 72.1. The zero-order valence-corrected chi connectivity index (χ0v) is 41.9.